The minimum atomic E-state index is -0.501. The number of nitrogens with one attached hydrogen (secondary N) is 1. The molecule has 1 aromatic carbocycles. The Kier molecular flexibility index (Phi) is 5.62. The van der Waals surface area contributed by atoms with Gasteiger partial charge < -0.3 is 4.90 Å². The molecule has 1 aromatic rings. The first-order chi connectivity index (χ1) is 13.7. The third-order valence-electron chi connectivity index (χ3n) is 6.41. The van der Waals surface area contributed by atoms with Gasteiger partial charge in [-0.15, -0.1) is 0 Å². The standard InChI is InChI=1S/C23H28N2O3/c26-22(24-28)19-10-11-20-15-25(13-12-18(20)14-19)23(27)21(17-8-4-5-9-17)16-6-2-1-3-7-16/h2,6-7,10-11,14,17,21,28H,1,3-5,8-9,12-13,15H2,(H,24,26). The van der Waals surface area contributed by atoms with Gasteiger partial charge in [-0.1, -0.05) is 37.1 Å². The van der Waals surface area contributed by atoms with Crippen molar-refractivity contribution in [2.24, 2.45) is 11.8 Å². The number of hydrogen-bond acceptors (Lipinski definition) is 3. The highest BCUT2D eigenvalue weighted by atomic mass is 16.5. The summed E-state index contributed by atoms with van der Waals surface area (Å²) < 4.78 is 0. The lowest BCUT2D eigenvalue weighted by atomic mass is 9.81. The van der Waals surface area contributed by atoms with Gasteiger partial charge in [0, 0.05) is 18.7 Å². The summed E-state index contributed by atoms with van der Waals surface area (Å²) in [6.07, 6.45) is 14.2. The van der Waals surface area contributed by atoms with Gasteiger partial charge in [0.1, 0.15) is 0 Å². The van der Waals surface area contributed by atoms with Gasteiger partial charge >= 0.3 is 0 Å². The van der Waals surface area contributed by atoms with Gasteiger partial charge in [-0.25, -0.2) is 5.48 Å². The molecule has 1 fully saturated rings. The zero-order valence-electron chi connectivity index (χ0n) is 16.2. The number of rotatable bonds is 4. The number of carbonyl (C=O) groups is 2. The number of amides is 2. The third kappa shape index (κ3) is 3.76. The quantitative estimate of drug-likeness (QED) is 0.617. The molecule has 1 unspecified atom stereocenters. The van der Waals surface area contributed by atoms with Crippen LogP contribution in [-0.4, -0.2) is 28.5 Å². The summed E-state index contributed by atoms with van der Waals surface area (Å²) in [6.45, 7) is 1.27. The van der Waals surface area contributed by atoms with E-state index in [0.717, 1.165) is 43.2 Å². The molecule has 1 saturated carbocycles. The molecule has 2 amide bonds. The molecule has 0 saturated heterocycles. The van der Waals surface area contributed by atoms with Crippen molar-refractivity contribution in [3.05, 3.63) is 58.7 Å². The van der Waals surface area contributed by atoms with Crippen LogP contribution in [0.2, 0.25) is 0 Å². The summed E-state index contributed by atoms with van der Waals surface area (Å²) in [7, 11) is 0. The van der Waals surface area contributed by atoms with Crippen molar-refractivity contribution in [2.45, 2.75) is 51.5 Å². The zero-order valence-corrected chi connectivity index (χ0v) is 16.2. The normalized spacial score (nSPS) is 20.5. The molecule has 4 rings (SSSR count). The topological polar surface area (TPSA) is 69.6 Å². The number of allylic oxidation sites excluding steroid dienone is 3. The predicted octanol–water partition coefficient (Wildman–Crippen LogP) is 3.77. The molecule has 2 N–H and O–H groups in total. The van der Waals surface area contributed by atoms with Gasteiger partial charge in [0.2, 0.25) is 5.91 Å². The molecule has 0 bridgehead atoms. The van der Waals surface area contributed by atoms with Crippen LogP contribution < -0.4 is 5.48 Å². The highest BCUT2D eigenvalue weighted by molar-refractivity contribution is 5.93. The molecule has 0 radical (unpaired) electrons. The van der Waals surface area contributed by atoms with Crippen LogP contribution in [0.3, 0.4) is 0 Å². The summed E-state index contributed by atoms with van der Waals surface area (Å²) in [5.74, 6) is 0.199. The Labute approximate surface area is 166 Å². The largest absolute Gasteiger partial charge is 0.337 e. The Balaban J connectivity index is 1.54. The van der Waals surface area contributed by atoms with E-state index in [0.29, 0.717) is 24.6 Å². The lowest BCUT2D eigenvalue weighted by Gasteiger charge is -2.35. The molecule has 1 atom stereocenters. The number of hydrogen-bond donors (Lipinski definition) is 2. The van der Waals surface area contributed by atoms with Gasteiger partial charge in [0.15, 0.2) is 0 Å². The van der Waals surface area contributed by atoms with Gasteiger partial charge in [-0.05, 0) is 66.9 Å². The Morgan fingerprint density at radius 2 is 1.96 bits per heavy atom. The smallest absolute Gasteiger partial charge is 0.274 e. The summed E-state index contributed by atoms with van der Waals surface area (Å²) in [5, 5.41) is 8.83. The summed E-state index contributed by atoms with van der Waals surface area (Å²) in [6, 6.07) is 5.44. The fraction of sp³-hybridized carbons (Fsp3) is 0.478. The minimum Gasteiger partial charge on any atom is -0.337 e. The van der Waals surface area contributed by atoms with Crippen LogP contribution in [0.5, 0.6) is 0 Å². The van der Waals surface area contributed by atoms with Crippen LogP contribution in [0, 0.1) is 11.8 Å². The van der Waals surface area contributed by atoms with Crippen LogP contribution in [0.1, 0.15) is 60.0 Å². The number of hydroxylamine groups is 1. The van der Waals surface area contributed by atoms with Crippen LogP contribution >= 0.6 is 0 Å². The van der Waals surface area contributed by atoms with E-state index in [1.807, 2.05) is 17.0 Å². The molecule has 0 spiro atoms. The van der Waals surface area contributed by atoms with Crippen molar-refractivity contribution in [1.82, 2.24) is 10.4 Å². The minimum absolute atomic E-state index is 0.0139. The molecule has 0 aromatic heterocycles. The maximum absolute atomic E-state index is 13.6. The molecule has 5 heteroatoms. The molecule has 5 nitrogen and oxygen atoms in total. The molecule has 148 valence electrons. The van der Waals surface area contributed by atoms with Crippen LogP contribution in [0.4, 0.5) is 0 Å². The first-order valence-corrected chi connectivity index (χ1v) is 10.4. The SMILES string of the molecule is O=C(NO)c1ccc2c(c1)CCN(C(=O)C(C1=CCCC=C1)C1CCCC1)C2. The van der Waals surface area contributed by atoms with Gasteiger partial charge in [-0.2, -0.15) is 0 Å². The number of nitrogens with zero attached hydrogens (tertiary/aromatic N) is 1. The van der Waals surface area contributed by atoms with Gasteiger partial charge in [-0.3, -0.25) is 14.8 Å². The second-order valence-corrected chi connectivity index (χ2v) is 8.14. The highest BCUT2D eigenvalue weighted by Crippen LogP contribution is 2.38. The molecule has 3 aliphatic rings. The Morgan fingerprint density at radius 3 is 2.68 bits per heavy atom. The number of carbonyl (C=O) groups excluding carboxylic acids is 2. The third-order valence-corrected chi connectivity index (χ3v) is 6.41. The summed E-state index contributed by atoms with van der Waals surface area (Å²) >= 11 is 0. The van der Waals surface area contributed by atoms with E-state index in [2.05, 4.69) is 18.2 Å². The average molecular weight is 380 g/mol. The zero-order chi connectivity index (χ0) is 19.5. The van der Waals surface area contributed by atoms with E-state index in [4.69, 9.17) is 5.21 Å². The highest BCUT2D eigenvalue weighted by Gasteiger charge is 2.36. The van der Waals surface area contributed by atoms with Crippen molar-refractivity contribution >= 4 is 11.8 Å². The Hall–Kier alpha value is -2.40. The lowest BCUT2D eigenvalue weighted by Crippen LogP contribution is -2.42. The predicted molar refractivity (Wildman–Crippen MR) is 107 cm³/mol. The van der Waals surface area contributed by atoms with E-state index in [-0.39, 0.29) is 11.8 Å². The van der Waals surface area contributed by atoms with E-state index in [1.54, 1.807) is 11.5 Å². The fourth-order valence-corrected chi connectivity index (χ4v) is 4.92. The van der Waals surface area contributed by atoms with Crippen molar-refractivity contribution in [3.8, 4) is 0 Å². The number of fused-ring (bicyclic) bond motifs is 1. The van der Waals surface area contributed by atoms with E-state index >= 15 is 0 Å². The van der Waals surface area contributed by atoms with E-state index < -0.39 is 5.91 Å². The molecule has 1 aliphatic heterocycles. The van der Waals surface area contributed by atoms with Gasteiger partial charge in [0.05, 0.1) is 5.92 Å². The monoisotopic (exact) mass is 380 g/mol. The molecule has 2 aliphatic carbocycles. The second-order valence-electron chi connectivity index (χ2n) is 8.14. The first-order valence-electron chi connectivity index (χ1n) is 10.4. The van der Waals surface area contributed by atoms with Crippen molar-refractivity contribution in [2.75, 3.05) is 6.54 Å². The van der Waals surface area contributed by atoms with E-state index in [1.165, 1.54) is 18.4 Å². The first kappa shape index (κ1) is 18.9. The van der Waals surface area contributed by atoms with Crippen molar-refractivity contribution in [3.63, 3.8) is 0 Å². The van der Waals surface area contributed by atoms with E-state index in [9.17, 15) is 9.59 Å². The number of benzene rings is 1. The average Bonchev–Trinajstić information content (AvgIpc) is 3.27. The Bertz CT molecular complexity index is 821. The molecule has 28 heavy (non-hydrogen) atoms. The molecular weight excluding hydrogens is 352 g/mol. The lowest BCUT2D eigenvalue weighted by molar-refractivity contribution is -0.136. The molecular formula is C23H28N2O3. The summed E-state index contributed by atoms with van der Waals surface area (Å²) in [5.41, 5.74) is 5.51. The van der Waals surface area contributed by atoms with Gasteiger partial charge in [0.25, 0.3) is 5.91 Å². The Morgan fingerprint density at radius 1 is 1.14 bits per heavy atom. The maximum Gasteiger partial charge on any atom is 0.274 e. The van der Waals surface area contributed by atoms with Crippen LogP contribution in [0.25, 0.3) is 0 Å². The van der Waals surface area contributed by atoms with Crippen LogP contribution in [0.15, 0.2) is 42.0 Å². The van der Waals surface area contributed by atoms with Crippen LogP contribution in [-0.2, 0) is 17.8 Å². The summed E-state index contributed by atoms with van der Waals surface area (Å²) in [4.78, 5) is 27.2. The fourth-order valence-electron chi connectivity index (χ4n) is 4.92. The van der Waals surface area contributed by atoms with Crippen molar-refractivity contribution < 1.29 is 14.8 Å². The molecule has 1 heterocycles. The van der Waals surface area contributed by atoms with Crippen molar-refractivity contribution in [1.29, 1.82) is 0 Å². The maximum atomic E-state index is 13.6. The second kappa shape index (κ2) is 8.31.